The van der Waals surface area contributed by atoms with Crippen LogP contribution in [0.3, 0.4) is 0 Å². The van der Waals surface area contributed by atoms with Crippen molar-refractivity contribution >= 4 is 27.3 Å². The minimum atomic E-state index is -4.04. The first-order valence-electron chi connectivity index (χ1n) is 9.86. The van der Waals surface area contributed by atoms with E-state index in [1.165, 1.54) is 22.8 Å². The molecule has 0 atom stereocenters. The van der Waals surface area contributed by atoms with Crippen molar-refractivity contribution in [2.75, 3.05) is 4.72 Å². The Balaban J connectivity index is 2.08. The van der Waals surface area contributed by atoms with Gasteiger partial charge in [-0.3, -0.25) is 4.72 Å². The first-order chi connectivity index (χ1) is 14.6. The highest BCUT2D eigenvalue weighted by atomic mass is 35.5. The largest absolute Gasteiger partial charge is 0.382 e. The van der Waals surface area contributed by atoms with Gasteiger partial charge in [0.2, 0.25) is 0 Å². The summed E-state index contributed by atoms with van der Waals surface area (Å²) in [6.45, 7) is 9.17. The van der Waals surface area contributed by atoms with Crippen molar-refractivity contribution in [3.63, 3.8) is 0 Å². The van der Waals surface area contributed by atoms with Gasteiger partial charge in [0, 0.05) is 18.7 Å². The average Bonchev–Trinajstić information content (AvgIpc) is 3.05. The molecule has 0 saturated carbocycles. The maximum atomic E-state index is 14.3. The maximum Gasteiger partial charge on any atom is 0.261 e. The summed E-state index contributed by atoms with van der Waals surface area (Å²) in [5.41, 5.74) is -0.279. The predicted molar refractivity (Wildman–Crippen MR) is 123 cm³/mol. The summed E-state index contributed by atoms with van der Waals surface area (Å²) in [5.74, 6) is -0.328. The molecule has 7 nitrogen and oxygen atoms in total. The van der Waals surface area contributed by atoms with E-state index in [1.54, 1.807) is 33.0 Å². The van der Waals surface area contributed by atoms with Gasteiger partial charge in [-0.1, -0.05) is 44.5 Å². The number of hydrogen-bond donors (Lipinski definition) is 2. The van der Waals surface area contributed by atoms with Crippen LogP contribution in [-0.2, 0) is 28.1 Å². The van der Waals surface area contributed by atoms with E-state index in [2.05, 4.69) is 14.9 Å². The molecule has 0 bridgehead atoms. The van der Waals surface area contributed by atoms with E-state index in [-0.39, 0.29) is 38.2 Å². The molecule has 0 saturated heterocycles. The first-order valence-corrected chi connectivity index (χ1v) is 11.7. The number of aliphatic hydroxyl groups is 1. The number of sulfonamides is 1. The molecule has 10 heteroatoms. The minimum absolute atomic E-state index is 0.0296. The Morgan fingerprint density at radius 3 is 2.16 bits per heavy atom. The number of rotatable bonds is 5. The van der Waals surface area contributed by atoms with Gasteiger partial charge < -0.3 is 9.67 Å². The fraction of sp³-hybridized carbons (Fsp3) is 0.364. The van der Waals surface area contributed by atoms with E-state index >= 15 is 0 Å². The van der Waals surface area contributed by atoms with Crippen LogP contribution in [0.2, 0.25) is 5.02 Å². The molecule has 0 aliphatic rings. The van der Waals surface area contributed by atoms with Crippen molar-refractivity contribution in [2.24, 2.45) is 7.05 Å². The Kier molecular flexibility index (Phi) is 6.14. The zero-order chi connectivity index (χ0) is 24.1. The number of aromatic nitrogens is 3. The Morgan fingerprint density at radius 1 is 1.06 bits per heavy atom. The summed E-state index contributed by atoms with van der Waals surface area (Å²) in [7, 11) is -2.42. The average molecular weight is 481 g/mol. The third kappa shape index (κ3) is 4.79. The molecule has 2 aromatic carbocycles. The monoisotopic (exact) mass is 480 g/mol. The van der Waals surface area contributed by atoms with Gasteiger partial charge in [-0.2, -0.15) is 0 Å². The summed E-state index contributed by atoms with van der Waals surface area (Å²) in [6, 6.07) is 8.77. The number of hydrogen-bond acceptors (Lipinski definition) is 5. The smallest absolute Gasteiger partial charge is 0.261 e. The van der Waals surface area contributed by atoms with E-state index in [0.29, 0.717) is 0 Å². The van der Waals surface area contributed by atoms with Crippen LogP contribution in [-0.4, -0.2) is 28.3 Å². The van der Waals surface area contributed by atoms with Gasteiger partial charge >= 0.3 is 0 Å². The normalized spacial score (nSPS) is 12.8. The van der Waals surface area contributed by atoms with Crippen molar-refractivity contribution in [3.8, 4) is 11.4 Å². The molecule has 1 aromatic heterocycles. The van der Waals surface area contributed by atoms with Gasteiger partial charge in [0.15, 0.2) is 11.6 Å². The summed E-state index contributed by atoms with van der Waals surface area (Å²) in [5, 5.41) is 18.1. The van der Waals surface area contributed by atoms with Crippen molar-refractivity contribution in [2.45, 2.75) is 50.5 Å². The lowest BCUT2D eigenvalue weighted by molar-refractivity contribution is 0.0655. The summed E-state index contributed by atoms with van der Waals surface area (Å²) in [4.78, 5) is 0.0296. The summed E-state index contributed by atoms with van der Waals surface area (Å²) in [6.07, 6.45) is 0. The van der Waals surface area contributed by atoms with Crippen LogP contribution in [0.25, 0.3) is 11.4 Å². The molecule has 3 aromatic rings. The lowest BCUT2D eigenvalue weighted by Crippen LogP contribution is -2.21. The van der Waals surface area contributed by atoms with Crippen molar-refractivity contribution in [1.82, 2.24) is 14.8 Å². The fourth-order valence-electron chi connectivity index (χ4n) is 3.25. The summed E-state index contributed by atoms with van der Waals surface area (Å²) >= 11 is 5.97. The number of benzene rings is 2. The van der Waals surface area contributed by atoms with Gasteiger partial charge in [0.1, 0.15) is 11.4 Å². The standard InChI is InChI=1S/C22H26ClFN4O3S/c1-21(2,3)13-7-9-14(10-8-13)32(30,31)27-18-12-17(24)16(23)11-15(18)19-25-26-20(28(19)6)22(4,5)29/h7-12,27,29H,1-6H3. The lowest BCUT2D eigenvalue weighted by Gasteiger charge is -2.19. The van der Waals surface area contributed by atoms with Gasteiger partial charge in [-0.05, 0) is 43.0 Å². The molecule has 172 valence electrons. The topological polar surface area (TPSA) is 97.1 Å². The molecule has 0 aliphatic carbocycles. The second-order valence-corrected chi connectivity index (χ2v) is 11.2. The lowest BCUT2D eigenvalue weighted by atomic mass is 9.87. The Bertz CT molecular complexity index is 1260. The minimum Gasteiger partial charge on any atom is -0.382 e. The van der Waals surface area contributed by atoms with Crippen LogP contribution in [0, 0.1) is 5.82 Å². The second kappa shape index (κ2) is 8.13. The highest BCUT2D eigenvalue weighted by Gasteiger charge is 2.27. The van der Waals surface area contributed by atoms with Crippen LogP contribution in [0.5, 0.6) is 0 Å². The molecule has 0 fully saturated rings. The third-order valence-corrected chi connectivity index (χ3v) is 6.67. The Hall–Kier alpha value is -2.49. The molecule has 0 aliphatic heterocycles. The van der Waals surface area contributed by atoms with E-state index in [9.17, 15) is 17.9 Å². The zero-order valence-electron chi connectivity index (χ0n) is 18.7. The molecular weight excluding hydrogens is 455 g/mol. The number of nitrogens with zero attached hydrogens (tertiary/aromatic N) is 3. The zero-order valence-corrected chi connectivity index (χ0v) is 20.3. The van der Waals surface area contributed by atoms with Crippen molar-refractivity contribution < 1.29 is 17.9 Å². The molecule has 2 N–H and O–H groups in total. The third-order valence-electron chi connectivity index (χ3n) is 5.00. The molecule has 3 rings (SSSR count). The van der Waals surface area contributed by atoms with Crippen LogP contribution in [0.1, 0.15) is 46.0 Å². The molecule has 1 heterocycles. The number of nitrogens with one attached hydrogen (secondary N) is 1. The van der Waals surface area contributed by atoms with E-state index in [4.69, 9.17) is 11.6 Å². The predicted octanol–water partition coefficient (Wildman–Crippen LogP) is 4.60. The van der Waals surface area contributed by atoms with E-state index in [1.807, 2.05) is 20.8 Å². The molecule has 0 unspecified atom stereocenters. The SMILES string of the molecule is Cn1c(-c2cc(Cl)c(F)cc2NS(=O)(=O)c2ccc(C(C)(C)C)cc2)nnc1C(C)(C)O. The van der Waals surface area contributed by atoms with E-state index < -0.39 is 21.4 Å². The second-order valence-electron chi connectivity index (χ2n) is 9.16. The molecule has 0 spiro atoms. The fourth-order valence-corrected chi connectivity index (χ4v) is 4.48. The first kappa shape index (κ1) is 24.2. The number of anilines is 1. The van der Waals surface area contributed by atoms with Gasteiger partial charge in [-0.15, -0.1) is 10.2 Å². The Labute approximate surface area is 192 Å². The maximum absolute atomic E-state index is 14.3. The van der Waals surface area contributed by atoms with Crippen LogP contribution in [0.4, 0.5) is 10.1 Å². The Morgan fingerprint density at radius 2 is 1.66 bits per heavy atom. The molecular formula is C22H26ClFN4O3S. The van der Waals surface area contributed by atoms with Gasteiger partial charge in [-0.25, -0.2) is 12.8 Å². The molecule has 0 amide bonds. The van der Waals surface area contributed by atoms with Crippen molar-refractivity contribution in [3.05, 3.63) is 58.6 Å². The highest BCUT2D eigenvalue weighted by Crippen LogP contribution is 2.34. The number of halogens is 2. The molecule has 32 heavy (non-hydrogen) atoms. The summed E-state index contributed by atoms with van der Waals surface area (Å²) < 4.78 is 44.3. The van der Waals surface area contributed by atoms with Gasteiger partial charge in [0.25, 0.3) is 10.0 Å². The van der Waals surface area contributed by atoms with Crippen LogP contribution in [0.15, 0.2) is 41.3 Å². The molecule has 0 radical (unpaired) electrons. The van der Waals surface area contributed by atoms with Crippen LogP contribution < -0.4 is 4.72 Å². The van der Waals surface area contributed by atoms with Crippen molar-refractivity contribution in [1.29, 1.82) is 0 Å². The highest BCUT2D eigenvalue weighted by molar-refractivity contribution is 7.92. The van der Waals surface area contributed by atoms with Gasteiger partial charge in [0.05, 0.1) is 15.6 Å². The van der Waals surface area contributed by atoms with E-state index in [0.717, 1.165) is 11.6 Å². The quantitative estimate of drug-likeness (QED) is 0.556. The van der Waals surface area contributed by atoms with Crippen LogP contribution >= 0.6 is 11.6 Å².